The van der Waals surface area contributed by atoms with E-state index in [-0.39, 0.29) is 34.3 Å². The van der Waals surface area contributed by atoms with Gasteiger partial charge in [-0.2, -0.15) is 4.39 Å². The lowest BCUT2D eigenvalue weighted by molar-refractivity contribution is 0.0937. The van der Waals surface area contributed by atoms with E-state index >= 15 is 0 Å². The lowest BCUT2D eigenvalue weighted by atomic mass is 10.1. The van der Waals surface area contributed by atoms with Crippen molar-refractivity contribution in [3.63, 3.8) is 0 Å². The lowest BCUT2D eigenvalue weighted by Crippen LogP contribution is -2.36. The quantitative estimate of drug-likeness (QED) is 0.610. The molecule has 162 valence electrons. The van der Waals surface area contributed by atoms with Crippen LogP contribution in [0.15, 0.2) is 47.4 Å². The van der Waals surface area contributed by atoms with Crippen LogP contribution in [0.1, 0.15) is 48.1 Å². The van der Waals surface area contributed by atoms with Crippen molar-refractivity contribution < 1.29 is 18.3 Å². The second-order valence-corrected chi connectivity index (χ2v) is 8.01. The average Bonchev–Trinajstić information content (AvgIpc) is 3.60. The standard InChI is InChI=1S/C24H24F2N2O3/c1-14(8-9-15-6-4-3-5-7-15)27-24(30)18-13-28(16-10-11-16)21-17(22(18)29)12-19(25)20(26)23(21)31-2/h3-7,12-14,16H,8-11H2,1-2H3,(H,27,30). The Balaban J connectivity index is 1.66. The molecular formula is C24H24F2N2O3. The van der Waals surface area contributed by atoms with E-state index in [1.807, 2.05) is 37.3 Å². The molecule has 4 rings (SSSR count). The predicted octanol–water partition coefficient (Wildman–Crippen LogP) is 4.37. The van der Waals surface area contributed by atoms with Crippen molar-refractivity contribution in [1.82, 2.24) is 9.88 Å². The number of pyridine rings is 1. The average molecular weight is 426 g/mol. The van der Waals surface area contributed by atoms with Crippen molar-refractivity contribution in [1.29, 1.82) is 0 Å². The molecule has 2 aromatic carbocycles. The summed E-state index contributed by atoms with van der Waals surface area (Å²) in [6.45, 7) is 1.87. The molecule has 1 unspecified atom stereocenters. The molecule has 31 heavy (non-hydrogen) atoms. The lowest BCUT2D eigenvalue weighted by Gasteiger charge is -2.18. The van der Waals surface area contributed by atoms with Crippen molar-refractivity contribution in [3.8, 4) is 5.75 Å². The third kappa shape index (κ3) is 4.17. The number of amides is 1. The zero-order valence-corrected chi connectivity index (χ0v) is 17.5. The first-order valence-corrected chi connectivity index (χ1v) is 10.4. The Morgan fingerprint density at radius 3 is 2.61 bits per heavy atom. The minimum atomic E-state index is -1.18. The number of nitrogens with one attached hydrogen (secondary N) is 1. The molecular weight excluding hydrogens is 402 g/mol. The van der Waals surface area contributed by atoms with Crippen LogP contribution in [0.25, 0.3) is 10.9 Å². The Morgan fingerprint density at radius 1 is 1.26 bits per heavy atom. The first kappa shape index (κ1) is 21.0. The summed E-state index contributed by atoms with van der Waals surface area (Å²) in [6, 6.07) is 10.6. The van der Waals surface area contributed by atoms with Gasteiger partial charge in [0.2, 0.25) is 11.2 Å². The highest BCUT2D eigenvalue weighted by Gasteiger charge is 2.30. The molecule has 0 aliphatic heterocycles. The Kier molecular flexibility index (Phi) is 5.76. The minimum Gasteiger partial charge on any atom is -0.491 e. The number of aromatic nitrogens is 1. The summed E-state index contributed by atoms with van der Waals surface area (Å²) >= 11 is 0. The van der Waals surface area contributed by atoms with Gasteiger partial charge in [-0.15, -0.1) is 0 Å². The van der Waals surface area contributed by atoms with E-state index in [1.54, 1.807) is 4.57 Å². The molecule has 1 aromatic heterocycles. The van der Waals surface area contributed by atoms with Gasteiger partial charge >= 0.3 is 0 Å². The van der Waals surface area contributed by atoms with Crippen LogP contribution in [0.3, 0.4) is 0 Å². The van der Waals surface area contributed by atoms with Crippen molar-refractivity contribution in [2.24, 2.45) is 0 Å². The summed E-state index contributed by atoms with van der Waals surface area (Å²) in [5.41, 5.74) is 0.619. The van der Waals surface area contributed by atoms with Gasteiger partial charge in [-0.3, -0.25) is 9.59 Å². The number of nitrogens with zero attached hydrogens (tertiary/aromatic N) is 1. The Hall–Kier alpha value is -3.22. The van der Waals surface area contributed by atoms with E-state index in [0.717, 1.165) is 30.9 Å². The molecule has 1 saturated carbocycles. The maximum absolute atomic E-state index is 14.3. The van der Waals surface area contributed by atoms with Crippen LogP contribution >= 0.6 is 0 Å². The predicted molar refractivity (Wildman–Crippen MR) is 115 cm³/mol. The topological polar surface area (TPSA) is 60.3 Å². The number of hydrogen-bond donors (Lipinski definition) is 1. The molecule has 1 aliphatic rings. The van der Waals surface area contributed by atoms with Crippen LogP contribution in [0.4, 0.5) is 8.78 Å². The number of benzene rings is 2. The van der Waals surface area contributed by atoms with Crippen LogP contribution in [0.2, 0.25) is 0 Å². The number of methoxy groups -OCH3 is 1. The van der Waals surface area contributed by atoms with E-state index in [0.29, 0.717) is 6.42 Å². The second kappa shape index (κ2) is 8.49. The number of ether oxygens (including phenoxy) is 1. The summed E-state index contributed by atoms with van der Waals surface area (Å²) in [6.07, 6.45) is 4.59. The molecule has 1 amide bonds. The maximum atomic E-state index is 14.3. The highest BCUT2D eigenvalue weighted by atomic mass is 19.2. The fourth-order valence-corrected chi connectivity index (χ4v) is 3.82. The summed E-state index contributed by atoms with van der Waals surface area (Å²) in [5, 5.41) is 2.80. The SMILES string of the molecule is COc1c(F)c(F)cc2c(=O)c(C(=O)NC(C)CCc3ccccc3)cn(C3CC3)c12. The number of rotatable bonds is 7. The van der Waals surface area contributed by atoms with Gasteiger partial charge < -0.3 is 14.6 Å². The van der Waals surface area contributed by atoms with Crippen LogP contribution < -0.4 is 15.5 Å². The molecule has 1 fully saturated rings. The second-order valence-electron chi connectivity index (χ2n) is 8.01. The fraction of sp³-hybridized carbons (Fsp3) is 0.333. The van der Waals surface area contributed by atoms with Crippen LogP contribution in [0, 0.1) is 11.6 Å². The van der Waals surface area contributed by atoms with E-state index in [4.69, 9.17) is 4.74 Å². The van der Waals surface area contributed by atoms with Crippen molar-refractivity contribution in [2.75, 3.05) is 7.11 Å². The van der Waals surface area contributed by atoms with E-state index in [2.05, 4.69) is 5.32 Å². The molecule has 1 atom stereocenters. The van der Waals surface area contributed by atoms with Crippen LogP contribution in [0.5, 0.6) is 5.75 Å². The van der Waals surface area contributed by atoms with Crippen molar-refractivity contribution in [2.45, 2.75) is 44.7 Å². The van der Waals surface area contributed by atoms with Gasteiger partial charge in [0.05, 0.1) is 18.0 Å². The number of carbonyl (C=O) groups excluding carboxylic acids is 1. The third-order valence-electron chi connectivity index (χ3n) is 5.64. The maximum Gasteiger partial charge on any atom is 0.256 e. The van der Waals surface area contributed by atoms with Gasteiger partial charge in [-0.1, -0.05) is 30.3 Å². The summed E-state index contributed by atoms with van der Waals surface area (Å²) < 4.78 is 35.2. The van der Waals surface area contributed by atoms with E-state index in [9.17, 15) is 18.4 Å². The van der Waals surface area contributed by atoms with Gasteiger partial charge in [-0.05, 0) is 44.2 Å². The molecule has 3 aromatic rings. The number of hydrogen-bond acceptors (Lipinski definition) is 3. The molecule has 1 N–H and O–H groups in total. The number of fused-ring (bicyclic) bond motifs is 1. The molecule has 7 heteroatoms. The van der Waals surface area contributed by atoms with Crippen molar-refractivity contribution >= 4 is 16.8 Å². The molecule has 5 nitrogen and oxygen atoms in total. The molecule has 0 bridgehead atoms. The molecule has 1 aliphatic carbocycles. The summed E-state index contributed by atoms with van der Waals surface area (Å²) in [7, 11) is 1.23. The number of halogens is 2. The normalized spacial score (nSPS) is 14.5. The monoisotopic (exact) mass is 426 g/mol. The van der Waals surface area contributed by atoms with Gasteiger partial charge in [0.15, 0.2) is 11.6 Å². The van der Waals surface area contributed by atoms with E-state index < -0.39 is 23.0 Å². The van der Waals surface area contributed by atoms with Gasteiger partial charge in [0, 0.05) is 18.3 Å². The number of carbonyl (C=O) groups is 1. The first-order valence-electron chi connectivity index (χ1n) is 10.4. The largest absolute Gasteiger partial charge is 0.491 e. The highest BCUT2D eigenvalue weighted by Crippen LogP contribution is 2.40. The van der Waals surface area contributed by atoms with Gasteiger partial charge in [0.25, 0.3) is 5.91 Å². The van der Waals surface area contributed by atoms with E-state index in [1.165, 1.54) is 13.3 Å². The molecule has 0 saturated heterocycles. The van der Waals surface area contributed by atoms with Gasteiger partial charge in [0.1, 0.15) is 5.56 Å². The van der Waals surface area contributed by atoms with Crippen LogP contribution in [-0.4, -0.2) is 23.6 Å². The minimum absolute atomic E-state index is 0.0175. The Labute approximate surface area is 178 Å². The first-order chi connectivity index (χ1) is 14.9. The highest BCUT2D eigenvalue weighted by molar-refractivity contribution is 5.98. The molecule has 1 heterocycles. The Morgan fingerprint density at radius 2 is 1.97 bits per heavy atom. The van der Waals surface area contributed by atoms with Crippen molar-refractivity contribution in [3.05, 3.63) is 75.6 Å². The summed E-state index contributed by atoms with van der Waals surface area (Å²) in [4.78, 5) is 25.9. The molecule has 0 radical (unpaired) electrons. The molecule has 0 spiro atoms. The zero-order chi connectivity index (χ0) is 22.1. The number of aryl methyl sites for hydroxylation is 1. The van der Waals surface area contributed by atoms with Gasteiger partial charge in [-0.25, -0.2) is 4.39 Å². The fourth-order valence-electron chi connectivity index (χ4n) is 3.82. The Bertz CT molecular complexity index is 1190. The third-order valence-corrected chi connectivity index (χ3v) is 5.64. The zero-order valence-electron chi connectivity index (χ0n) is 17.5. The summed E-state index contributed by atoms with van der Waals surface area (Å²) in [5.74, 6) is -3.17. The smallest absolute Gasteiger partial charge is 0.256 e. The van der Waals surface area contributed by atoms with Crippen LogP contribution in [-0.2, 0) is 6.42 Å².